The molecule has 0 amide bonds. The molecule has 0 bridgehead atoms. The smallest absolute Gasteiger partial charge is 0.216 e. The number of furan rings is 1. The molecule has 0 fully saturated rings. The van der Waals surface area contributed by atoms with Crippen LogP contribution < -0.4 is 4.57 Å². The molecule has 2 aromatic carbocycles. The van der Waals surface area contributed by atoms with Gasteiger partial charge in [0.1, 0.15) is 18.2 Å². The number of hydrogen-bond acceptors (Lipinski definition) is 1. The van der Waals surface area contributed by atoms with E-state index >= 15 is 0 Å². The molecular formula is C25H25N2O+. The minimum atomic E-state index is -1.83. The van der Waals surface area contributed by atoms with Gasteiger partial charge in [-0.1, -0.05) is 32.0 Å². The predicted molar refractivity (Wildman–Crippen MR) is 115 cm³/mol. The summed E-state index contributed by atoms with van der Waals surface area (Å²) in [6, 6.07) is 9.26. The van der Waals surface area contributed by atoms with Crippen LogP contribution in [0.2, 0.25) is 0 Å². The summed E-state index contributed by atoms with van der Waals surface area (Å²) in [6.07, 6.45) is -1.83. The van der Waals surface area contributed by atoms with Crippen molar-refractivity contribution in [3.63, 3.8) is 0 Å². The first kappa shape index (κ1) is 14.0. The number of pyridine rings is 1. The second kappa shape index (κ2) is 6.80. The number of rotatable bonds is 3. The van der Waals surface area contributed by atoms with Gasteiger partial charge in [0.2, 0.25) is 5.69 Å². The van der Waals surface area contributed by atoms with Crippen LogP contribution in [0, 0.1) is 26.3 Å². The Morgan fingerprint density at radius 2 is 1.96 bits per heavy atom. The quantitative estimate of drug-likeness (QED) is 0.299. The summed E-state index contributed by atoms with van der Waals surface area (Å²) in [5.74, 6) is -0.397. The van der Waals surface area contributed by atoms with Gasteiger partial charge in [-0.05, 0) is 42.5 Å². The van der Waals surface area contributed by atoms with E-state index < -0.39 is 12.3 Å². The fourth-order valence-corrected chi connectivity index (χ4v) is 3.55. The van der Waals surface area contributed by atoms with E-state index in [0.29, 0.717) is 33.8 Å². The Morgan fingerprint density at radius 3 is 2.68 bits per heavy atom. The molecule has 0 aliphatic rings. The molecule has 4 rings (SSSR count). The molecule has 0 aliphatic carbocycles. The molecule has 0 radical (unpaired) electrons. The van der Waals surface area contributed by atoms with Crippen LogP contribution in [0.15, 0.2) is 46.8 Å². The van der Waals surface area contributed by atoms with E-state index in [0.717, 1.165) is 16.3 Å². The lowest BCUT2D eigenvalue weighted by atomic mass is 9.96. The third-order valence-electron chi connectivity index (χ3n) is 5.02. The Kier molecular flexibility index (Phi) is 3.39. The third-order valence-corrected chi connectivity index (χ3v) is 5.02. The Bertz CT molecular complexity index is 1440. The molecule has 3 nitrogen and oxygen atoms in total. The lowest BCUT2D eigenvalue weighted by Gasteiger charge is -2.11. The summed E-state index contributed by atoms with van der Waals surface area (Å²) in [4.78, 5) is 3.52. The van der Waals surface area contributed by atoms with Gasteiger partial charge in [-0.2, -0.15) is 4.57 Å². The largest absolute Gasteiger partial charge is 0.455 e. The van der Waals surface area contributed by atoms with Crippen LogP contribution in [0.5, 0.6) is 0 Å². The minimum Gasteiger partial charge on any atom is -0.455 e. The number of benzene rings is 2. The van der Waals surface area contributed by atoms with Crippen LogP contribution in [0.4, 0.5) is 5.69 Å². The van der Waals surface area contributed by atoms with Crippen molar-refractivity contribution in [3.8, 4) is 11.3 Å². The molecule has 140 valence electrons. The molecule has 0 saturated carbocycles. The molecule has 4 aromatic rings. The van der Waals surface area contributed by atoms with Gasteiger partial charge in [0.15, 0.2) is 11.4 Å². The van der Waals surface area contributed by atoms with Gasteiger partial charge in [0.05, 0.1) is 14.9 Å². The molecule has 28 heavy (non-hydrogen) atoms. The van der Waals surface area contributed by atoms with Crippen molar-refractivity contribution >= 4 is 27.6 Å². The Morgan fingerprint density at radius 1 is 1.18 bits per heavy atom. The maximum Gasteiger partial charge on any atom is 0.216 e. The van der Waals surface area contributed by atoms with E-state index in [1.807, 2.05) is 19.1 Å². The summed E-state index contributed by atoms with van der Waals surface area (Å²) in [5, 5.41) is 1.67. The first-order chi connectivity index (χ1) is 15.0. The SMILES string of the molecule is [2H]c1c(C([2H])([2H])C(C)C)c([2H])c(-c2c(C)ccc3c2oc2ccc([N+]#[C-])cc23)[n+](C)c1C. The number of nitrogens with zero attached hydrogens (tertiary/aromatic N) is 2. The average Bonchev–Trinajstić information content (AvgIpc) is 3.11. The lowest BCUT2D eigenvalue weighted by molar-refractivity contribution is -0.666. The highest BCUT2D eigenvalue weighted by Crippen LogP contribution is 2.38. The van der Waals surface area contributed by atoms with Crippen molar-refractivity contribution < 1.29 is 14.5 Å². The van der Waals surface area contributed by atoms with E-state index in [-0.39, 0.29) is 17.6 Å². The van der Waals surface area contributed by atoms with Crippen LogP contribution >= 0.6 is 0 Å². The van der Waals surface area contributed by atoms with Crippen molar-refractivity contribution in [2.75, 3.05) is 0 Å². The molecule has 0 unspecified atom stereocenters. The Balaban J connectivity index is 2.17. The van der Waals surface area contributed by atoms with E-state index in [9.17, 15) is 0 Å². The first-order valence-corrected chi connectivity index (χ1v) is 9.34. The maximum absolute atomic E-state index is 9.02. The van der Waals surface area contributed by atoms with Crippen LogP contribution in [0.1, 0.15) is 36.2 Å². The molecule has 0 spiro atoms. The fourth-order valence-electron chi connectivity index (χ4n) is 3.55. The summed E-state index contributed by atoms with van der Waals surface area (Å²) in [7, 11) is 1.80. The highest BCUT2D eigenvalue weighted by molar-refractivity contribution is 6.10. The maximum atomic E-state index is 9.02. The van der Waals surface area contributed by atoms with Crippen LogP contribution in [-0.4, -0.2) is 0 Å². The van der Waals surface area contributed by atoms with E-state index in [4.69, 9.17) is 16.5 Å². The van der Waals surface area contributed by atoms with Crippen molar-refractivity contribution in [2.45, 2.75) is 34.1 Å². The van der Waals surface area contributed by atoms with E-state index in [2.05, 4.69) is 4.85 Å². The van der Waals surface area contributed by atoms with Gasteiger partial charge in [0.25, 0.3) is 0 Å². The molecule has 0 saturated heterocycles. The molecule has 2 aromatic heterocycles. The van der Waals surface area contributed by atoms with Crippen LogP contribution in [0.3, 0.4) is 0 Å². The summed E-state index contributed by atoms with van der Waals surface area (Å²) in [6.45, 7) is 14.6. The van der Waals surface area contributed by atoms with Crippen molar-refractivity contribution in [1.82, 2.24) is 0 Å². The molecule has 3 heteroatoms. The van der Waals surface area contributed by atoms with Gasteiger partial charge in [-0.15, -0.1) is 0 Å². The second-order valence-electron chi connectivity index (χ2n) is 7.45. The second-order valence-corrected chi connectivity index (χ2v) is 7.45. The minimum absolute atomic E-state index is 0.000275. The highest BCUT2D eigenvalue weighted by atomic mass is 16.3. The Hall–Kier alpha value is -3.12. The Labute approximate surface area is 171 Å². The van der Waals surface area contributed by atoms with Gasteiger partial charge in [-0.3, -0.25) is 0 Å². The number of fused-ring (bicyclic) bond motifs is 3. The molecule has 2 heterocycles. The average molecular weight is 374 g/mol. The zero-order valence-corrected chi connectivity index (χ0v) is 16.8. The number of hydrogen-bond donors (Lipinski definition) is 0. The van der Waals surface area contributed by atoms with Crippen LogP contribution in [0.25, 0.3) is 38.0 Å². The van der Waals surface area contributed by atoms with Crippen molar-refractivity contribution in [2.24, 2.45) is 13.0 Å². The predicted octanol–water partition coefficient (Wildman–Crippen LogP) is 6.44. The standard InChI is InChI=1S/C25H25N2O/c1-15(2)11-18-12-17(4)27(6)22(13-18)24-16(3)7-9-20-21-14-19(26-5)8-10-23(21)28-25(20)24/h7-10,12-15H,11H2,1-4,6H3/q+1/i11D2,12D,13D. The van der Waals surface area contributed by atoms with Gasteiger partial charge < -0.3 is 4.42 Å². The molecule has 0 aliphatic heterocycles. The van der Waals surface area contributed by atoms with Gasteiger partial charge >= 0.3 is 0 Å². The van der Waals surface area contributed by atoms with Crippen molar-refractivity contribution in [1.29, 1.82) is 0 Å². The first-order valence-electron chi connectivity index (χ1n) is 11.3. The lowest BCUT2D eigenvalue weighted by Crippen LogP contribution is -2.35. The zero-order valence-electron chi connectivity index (χ0n) is 20.8. The molecular weight excluding hydrogens is 344 g/mol. The normalized spacial score (nSPS) is 14.0. The molecule has 0 N–H and O–H groups in total. The van der Waals surface area contributed by atoms with Crippen molar-refractivity contribution in [3.05, 3.63) is 70.7 Å². The topological polar surface area (TPSA) is 21.4 Å². The summed E-state index contributed by atoms with van der Waals surface area (Å²) < 4.78 is 42.9. The van der Waals surface area contributed by atoms with E-state index in [1.165, 1.54) is 0 Å². The highest BCUT2D eigenvalue weighted by Gasteiger charge is 2.22. The molecule has 0 atom stereocenters. The van der Waals surface area contributed by atoms with Gasteiger partial charge in [0, 0.05) is 32.5 Å². The third kappa shape index (κ3) is 2.96. The monoisotopic (exact) mass is 373 g/mol. The zero-order chi connectivity index (χ0) is 23.5. The van der Waals surface area contributed by atoms with Gasteiger partial charge in [-0.25, -0.2) is 4.85 Å². The fraction of sp³-hybridized carbons (Fsp3) is 0.280. The summed E-state index contributed by atoms with van der Waals surface area (Å²) in [5.41, 5.74) is 4.57. The number of aryl methyl sites for hydroxylation is 1. The van der Waals surface area contributed by atoms with Crippen LogP contribution in [-0.2, 0) is 13.4 Å². The van der Waals surface area contributed by atoms with E-state index in [1.54, 1.807) is 50.6 Å². The summed E-state index contributed by atoms with van der Waals surface area (Å²) >= 11 is 0. The number of aromatic nitrogens is 1.